The molecule has 122 valence electrons. The lowest BCUT2D eigenvalue weighted by Crippen LogP contribution is -2.44. The monoisotopic (exact) mass is 320 g/mol. The van der Waals surface area contributed by atoms with Crippen molar-refractivity contribution in [3.8, 4) is 23.5 Å². The molecule has 1 atom stereocenters. The average Bonchev–Trinajstić information content (AvgIpc) is 2.61. The zero-order valence-electron chi connectivity index (χ0n) is 13.4. The van der Waals surface area contributed by atoms with Gasteiger partial charge < -0.3 is 11.1 Å². The van der Waals surface area contributed by atoms with Crippen LogP contribution in [-0.2, 0) is 4.79 Å². The lowest BCUT2D eigenvalue weighted by Gasteiger charge is -2.15. The molecule has 0 aliphatic carbocycles. The maximum Gasteiger partial charge on any atom is 0.251 e. The fourth-order valence-electron chi connectivity index (χ4n) is 2.38. The summed E-state index contributed by atoms with van der Waals surface area (Å²) < 4.78 is 0. The number of carbonyl (C=O) groups is 2. The summed E-state index contributed by atoms with van der Waals surface area (Å²) in [6.45, 7) is 0. The SMILES string of the molecule is C#CCCC[C@@H](NC(=O)c1ccc(-c2ccccc2)cc1)C(N)=O. The fourth-order valence-corrected chi connectivity index (χ4v) is 2.38. The average molecular weight is 320 g/mol. The number of primary amides is 1. The van der Waals surface area contributed by atoms with Crippen LogP contribution < -0.4 is 11.1 Å². The van der Waals surface area contributed by atoms with Crippen LogP contribution in [0.4, 0.5) is 0 Å². The van der Waals surface area contributed by atoms with Gasteiger partial charge >= 0.3 is 0 Å². The van der Waals surface area contributed by atoms with Crippen LogP contribution in [0.5, 0.6) is 0 Å². The molecule has 0 unspecified atom stereocenters. The molecule has 4 heteroatoms. The lowest BCUT2D eigenvalue weighted by atomic mass is 10.0. The van der Waals surface area contributed by atoms with Gasteiger partial charge in [0.15, 0.2) is 0 Å². The molecule has 2 aromatic carbocycles. The molecular weight excluding hydrogens is 300 g/mol. The van der Waals surface area contributed by atoms with Crippen LogP contribution in [0.25, 0.3) is 11.1 Å². The minimum absolute atomic E-state index is 0.320. The molecule has 0 aromatic heterocycles. The van der Waals surface area contributed by atoms with Crippen molar-refractivity contribution in [3.05, 3.63) is 60.2 Å². The summed E-state index contributed by atoms with van der Waals surface area (Å²) in [4.78, 5) is 23.7. The summed E-state index contributed by atoms with van der Waals surface area (Å²) >= 11 is 0. The van der Waals surface area contributed by atoms with Crippen LogP contribution in [0.2, 0.25) is 0 Å². The highest BCUT2D eigenvalue weighted by molar-refractivity contribution is 5.97. The van der Waals surface area contributed by atoms with Crippen LogP contribution in [-0.4, -0.2) is 17.9 Å². The normalized spacial score (nSPS) is 11.3. The molecule has 0 fully saturated rings. The number of amides is 2. The Labute approximate surface area is 142 Å². The first-order valence-electron chi connectivity index (χ1n) is 7.81. The van der Waals surface area contributed by atoms with Crippen molar-refractivity contribution < 1.29 is 9.59 Å². The third kappa shape index (κ3) is 4.72. The number of carbonyl (C=O) groups excluding carboxylic acids is 2. The zero-order chi connectivity index (χ0) is 17.4. The van der Waals surface area contributed by atoms with E-state index < -0.39 is 11.9 Å². The molecule has 0 aliphatic heterocycles. The highest BCUT2D eigenvalue weighted by Crippen LogP contribution is 2.19. The molecule has 0 radical (unpaired) electrons. The van der Waals surface area contributed by atoms with E-state index in [1.807, 2.05) is 42.5 Å². The number of terminal acetylenes is 1. The Kier molecular flexibility index (Phi) is 6.16. The van der Waals surface area contributed by atoms with E-state index in [0.717, 1.165) is 11.1 Å². The highest BCUT2D eigenvalue weighted by atomic mass is 16.2. The molecule has 2 amide bonds. The second-order valence-electron chi connectivity index (χ2n) is 5.47. The minimum Gasteiger partial charge on any atom is -0.368 e. The molecular formula is C20H20N2O2. The third-order valence-electron chi connectivity index (χ3n) is 3.72. The Morgan fingerprint density at radius 2 is 1.67 bits per heavy atom. The van der Waals surface area contributed by atoms with E-state index in [2.05, 4.69) is 11.2 Å². The first-order valence-corrected chi connectivity index (χ1v) is 7.81. The van der Waals surface area contributed by atoms with Crippen molar-refractivity contribution >= 4 is 11.8 Å². The molecule has 2 aromatic rings. The van der Waals surface area contributed by atoms with E-state index >= 15 is 0 Å². The predicted octanol–water partition coefficient (Wildman–Crippen LogP) is 2.74. The van der Waals surface area contributed by atoms with Crippen molar-refractivity contribution in [2.24, 2.45) is 5.73 Å². The van der Waals surface area contributed by atoms with Crippen molar-refractivity contribution in [3.63, 3.8) is 0 Å². The fraction of sp³-hybridized carbons (Fsp3) is 0.200. The van der Waals surface area contributed by atoms with Crippen molar-refractivity contribution in [2.75, 3.05) is 0 Å². The number of hydrogen-bond donors (Lipinski definition) is 2. The minimum atomic E-state index is -0.709. The number of unbranched alkanes of at least 4 members (excludes halogenated alkanes) is 1. The quantitative estimate of drug-likeness (QED) is 0.608. The summed E-state index contributed by atoms with van der Waals surface area (Å²) in [6, 6.07) is 16.4. The summed E-state index contributed by atoms with van der Waals surface area (Å²) in [6.07, 6.45) is 6.81. The summed E-state index contributed by atoms with van der Waals surface area (Å²) in [7, 11) is 0. The number of hydrogen-bond acceptors (Lipinski definition) is 2. The first kappa shape index (κ1) is 17.3. The molecule has 0 bridgehead atoms. The van der Waals surface area contributed by atoms with Crippen LogP contribution in [0.3, 0.4) is 0 Å². The van der Waals surface area contributed by atoms with E-state index in [1.165, 1.54) is 0 Å². The van der Waals surface area contributed by atoms with Gasteiger partial charge in [0, 0.05) is 12.0 Å². The Morgan fingerprint density at radius 1 is 1.04 bits per heavy atom. The van der Waals surface area contributed by atoms with Gasteiger partial charge in [0.25, 0.3) is 5.91 Å². The van der Waals surface area contributed by atoms with E-state index in [0.29, 0.717) is 24.8 Å². The third-order valence-corrected chi connectivity index (χ3v) is 3.72. The molecule has 0 saturated heterocycles. The molecule has 0 aliphatic rings. The van der Waals surface area contributed by atoms with E-state index in [1.54, 1.807) is 12.1 Å². The lowest BCUT2D eigenvalue weighted by molar-refractivity contribution is -0.120. The molecule has 0 spiro atoms. The number of nitrogens with one attached hydrogen (secondary N) is 1. The van der Waals surface area contributed by atoms with Crippen LogP contribution in [0, 0.1) is 12.3 Å². The van der Waals surface area contributed by atoms with Gasteiger partial charge in [0.1, 0.15) is 6.04 Å². The molecule has 4 nitrogen and oxygen atoms in total. The Morgan fingerprint density at radius 3 is 2.25 bits per heavy atom. The van der Waals surface area contributed by atoms with Gasteiger partial charge in [-0.3, -0.25) is 9.59 Å². The van der Waals surface area contributed by atoms with Gasteiger partial charge in [0.05, 0.1) is 0 Å². The Hall–Kier alpha value is -3.06. The second-order valence-corrected chi connectivity index (χ2v) is 5.47. The maximum atomic E-state index is 12.3. The number of benzene rings is 2. The van der Waals surface area contributed by atoms with Gasteiger partial charge in [-0.15, -0.1) is 12.3 Å². The van der Waals surface area contributed by atoms with Crippen molar-refractivity contribution in [1.29, 1.82) is 0 Å². The molecule has 2 rings (SSSR count). The van der Waals surface area contributed by atoms with Crippen LogP contribution in [0.1, 0.15) is 29.6 Å². The summed E-state index contributed by atoms with van der Waals surface area (Å²) in [5.74, 6) is 1.63. The Balaban J connectivity index is 2.03. The molecule has 24 heavy (non-hydrogen) atoms. The Bertz CT molecular complexity index is 730. The summed E-state index contributed by atoms with van der Waals surface area (Å²) in [5, 5.41) is 2.67. The largest absolute Gasteiger partial charge is 0.368 e. The van der Waals surface area contributed by atoms with Gasteiger partial charge in [-0.05, 0) is 36.1 Å². The molecule has 0 heterocycles. The highest BCUT2D eigenvalue weighted by Gasteiger charge is 2.18. The van der Waals surface area contributed by atoms with E-state index in [-0.39, 0.29) is 5.91 Å². The maximum absolute atomic E-state index is 12.3. The van der Waals surface area contributed by atoms with Gasteiger partial charge in [0.2, 0.25) is 5.91 Å². The first-order chi connectivity index (χ1) is 11.6. The predicted molar refractivity (Wildman–Crippen MR) is 95.0 cm³/mol. The topological polar surface area (TPSA) is 72.2 Å². The molecule has 0 saturated carbocycles. The van der Waals surface area contributed by atoms with Crippen molar-refractivity contribution in [1.82, 2.24) is 5.32 Å². The van der Waals surface area contributed by atoms with Crippen molar-refractivity contribution in [2.45, 2.75) is 25.3 Å². The number of nitrogens with two attached hydrogens (primary N) is 1. The zero-order valence-corrected chi connectivity index (χ0v) is 13.4. The van der Waals surface area contributed by atoms with Gasteiger partial charge in [-0.1, -0.05) is 42.5 Å². The molecule has 3 N–H and O–H groups in total. The number of rotatable bonds is 7. The van der Waals surface area contributed by atoms with Crippen LogP contribution >= 0.6 is 0 Å². The van der Waals surface area contributed by atoms with E-state index in [4.69, 9.17) is 12.2 Å². The standard InChI is InChI=1S/C20H20N2O2/c1-2-3-5-10-18(19(21)23)22-20(24)17-13-11-16(12-14-17)15-8-6-4-7-9-15/h1,4,6-9,11-14,18H,3,5,10H2,(H2,21,23)(H,22,24)/t18-/m1/s1. The smallest absolute Gasteiger partial charge is 0.251 e. The summed E-state index contributed by atoms with van der Waals surface area (Å²) in [5.41, 5.74) is 7.92. The van der Waals surface area contributed by atoms with Crippen LogP contribution in [0.15, 0.2) is 54.6 Å². The second kappa shape index (κ2) is 8.54. The van der Waals surface area contributed by atoms with Gasteiger partial charge in [-0.2, -0.15) is 0 Å². The van der Waals surface area contributed by atoms with E-state index in [9.17, 15) is 9.59 Å². The van der Waals surface area contributed by atoms with Gasteiger partial charge in [-0.25, -0.2) is 0 Å².